The fourth-order valence-corrected chi connectivity index (χ4v) is 3.47. The van der Waals surface area contributed by atoms with Crippen LogP contribution in [0.1, 0.15) is 19.3 Å². The maximum Gasteiger partial charge on any atom is 0.325 e. The van der Waals surface area contributed by atoms with Crippen molar-refractivity contribution in [3.63, 3.8) is 0 Å². The van der Waals surface area contributed by atoms with Gasteiger partial charge in [-0.2, -0.15) is 0 Å². The fourth-order valence-electron chi connectivity index (χ4n) is 3.47. The van der Waals surface area contributed by atoms with Gasteiger partial charge in [0.1, 0.15) is 12.1 Å². The van der Waals surface area contributed by atoms with Gasteiger partial charge in [0.05, 0.1) is 13.2 Å². The number of nitrogens with zero attached hydrogens (tertiary/aromatic N) is 2. The third kappa shape index (κ3) is 4.19. The van der Waals surface area contributed by atoms with E-state index in [1.165, 1.54) is 32.4 Å². The number of carbonyl (C=O) groups is 1. The molecule has 0 aromatic carbocycles. The Kier molecular flexibility index (Phi) is 5.68. The van der Waals surface area contributed by atoms with Gasteiger partial charge in [-0.15, -0.1) is 0 Å². The lowest BCUT2D eigenvalue weighted by Crippen LogP contribution is -2.57. The first-order valence-corrected chi connectivity index (χ1v) is 8.64. The number of piperidine rings is 1. The van der Waals surface area contributed by atoms with E-state index in [9.17, 15) is 4.79 Å². The summed E-state index contributed by atoms with van der Waals surface area (Å²) in [6, 6.07) is -0.124. The smallest absolute Gasteiger partial charge is 0.325 e. The van der Waals surface area contributed by atoms with Crippen molar-refractivity contribution in [3.8, 4) is 0 Å². The summed E-state index contributed by atoms with van der Waals surface area (Å²) < 4.78 is 10.6. The van der Waals surface area contributed by atoms with Crippen molar-refractivity contribution in [3.05, 3.63) is 0 Å². The van der Waals surface area contributed by atoms with Crippen LogP contribution in [0.4, 0.5) is 0 Å². The summed E-state index contributed by atoms with van der Waals surface area (Å²) in [5, 5.41) is 3.32. The normalized spacial score (nSPS) is 29.2. The Hall–Kier alpha value is -0.690. The molecule has 126 valence electrons. The molecule has 3 aliphatic rings. The Balaban J connectivity index is 1.45. The van der Waals surface area contributed by atoms with E-state index in [1.807, 2.05) is 0 Å². The second-order valence-corrected chi connectivity index (χ2v) is 6.89. The van der Waals surface area contributed by atoms with Crippen LogP contribution in [0.15, 0.2) is 0 Å². The van der Waals surface area contributed by atoms with Crippen molar-refractivity contribution in [2.24, 2.45) is 5.92 Å². The van der Waals surface area contributed by atoms with Gasteiger partial charge < -0.3 is 19.7 Å². The summed E-state index contributed by atoms with van der Waals surface area (Å²) >= 11 is 0. The first-order chi connectivity index (χ1) is 10.7. The van der Waals surface area contributed by atoms with Crippen molar-refractivity contribution in [2.75, 3.05) is 59.5 Å². The molecule has 22 heavy (non-hydrogen) atoms. The molecule has 1 N–H and O–H groups in total. The second-order valence-electron chi connectivity index (χ2n) is 6.89. The largest absolute Gasteiger partial charge is 0.456 e. The van der Waals surface area contributed by atoms with Gasteiger partial charge in [0.2, 0.25) is 0 Å². The van der Waals surface area contributed by atoms with E-state index in [1.54, 1.807) is 0 Å². The molecule has 0 radical (unpaired) electrons. The number of hydrogen-bond donors (Lipinski definition) is 1. The lowest BCUT2D eigenvalue weighted by molar-refractivity contribution is -0.178. The van der Waals surface area contributed by atoms with Crippen LogP contribution in [0.3, 0.4) is 0 Å². The summed E-state index contributed by atoms with van der Waals surface area (Å²) in [6.45, 7) is 7.15. The van der Waals surface area contributed by atoms with E-state index in [2.05, 4.69) is 22.2 Å². The van der Waals surface area contributed by atoms with Gasteiger partial charge in [-0.3, -0.25) is 9.69 Å². The van der Waals surface area contributed by atoms with Crippen molar-refractivity contribution >= 4 is 5.97 Å². The fraction of sp³-hybridized carbons (Fsp3) is 0.938. The van der Waals surface area contributed by atoms with Crippen molar-refractivity contribution in [1.29, 1.82) is 0 Å². The Morgan fingerprint density at radius 3 is 2.73 bits per heavy atom. The highest BCUT2D eigenvalue weighted by Crippen LogP contribution is 2.21. The predicted molar refractivity (Wildman–Crippen MR) is 83.8 cm³/mol. The molecule has 0 aromatic rings. The van der Waals surface area contributed by atoms with Crippen LogP contribution in [0.2, 0.25) is 0 Å². The van der Waals surface area contributed by atoms with E-state index < -0.39 is 0 Å². The maximum atomic E-state index is 12.3. The van der Waals surface area contributed by atoms with E-state index in [4.69, 9.17) is 9.47 Å². The molecule has 1 atom stereocenters. The number of rotatable bonds is 5. The molecule has 0 aliphatic carbocycles. The van der Waals surface area contributed by atoms with Gasteiger partial charge in [0.25, 0.3) is 0 Å². The molecule has 0 bridgehead atoms. The zero-order chi connectivity index (χ0) is 15.4. The molecule has 6 heteroatoms. The number of ether oxygens (including phenoxy) is 2. The lowest BCUT2D eigenvalue weighted by atomic mass is 9.93. The number of nitrogens with one attached hydrogen (secondary N) is 1. The van der Waals surface area contributed by atoms with Crippen LogP contribution in [-0.2, 0) is 14.3 Å². The average molecular weight is 311 g/mol. The first-order valence-electron chi connectivity index (χ1n) is 8.64. The van der Waals surface area contributed by atoms with E-state index >= 15 is 0 Å². The number of piperazine rings is 1. The van der Waals surface area contributed by atoms with Crippen LogP contribution in [0.25, 0.3) is 0 Å². The van der Waals surface area contributed by atoms with Gasteiger partial charge in [-0.1, -0.05) is 0 Å². The predicted octanol–water partition coefficient (Wildman–Crippen LogP) is -0.0659. The molecule has 0 amide bonds. The van der Waals surface area contributed by atoms with Crippen LogP contribution in [0, 0.1) is 5.92 Å². The number of likely N-dealkylation sites (tertiary alicyclic amines) is 1. The summed E-state index contributed by atoms with van der Waals surface area (Å²) in [4.78, 5) is 17.1. The van der Waals surface area contributed by atoms with E-state index in [0.717, 1.165) is 25.6 Å². The van der Waals surface area contributed by atoms with Crippen LogP contribution >= 0.6 is 0 Å². The number of esters is 1. The molecule has 3 rings (SSSR count). The van der Waals surface area contributed by atoms with Crippen molar-refractivity contribution < 1.29 is 14.3 Å². The Morgan fingerprint density at radius 2 is 2.05 bits per heavy atom. The monoisotopic (exact) mass is 311 g/mol. The number of hydrogen-bond acceptors (Lipinski definition) is 6. The lowest BCUT2D eigenvalue weighted by Gasteiger charge is -2.37. The van der Waals surface area contributed by atoms with Crippen LogP contribution in [0.5, 0.6) is 0 Å². The molecule has 0 saturated carbocycles. The van der Waals surface area contributed by atoms with Crippen molar-refractivity contribution in [2.45, 2.75) is 31.4 Å². The highest BCUT2D eigenvalue weighted by molar-refractivity contribution is 5.76. The third-order valence-electron chi connectivity index (χ3n) is 5.18. The molecule has 0 spiro atoms. The van der Waals surface area contributed by atoms with E-state index in [0.29, 0.717) is 19.8 Å². The highest BCUT2D eigenvalue weighted by Gasteiger charge is 2.33. The third-order valence-corrected chi connectivity index (χ3v) is 5.18. The Bertz CT molecular complexity index is 368. The van der Waals surface area contributed by atoms with Gasteiger partial charge in [-0.05, 0) is 51.9 Å². The molecule has 3 heterocycles. The summed E-state index contributed by atoms with van der Waals surface area (Å²) in [5.74, 6) is 0.728. The first kappa shape index (κ1) is 16.2. The standard InChI is InChI=1S/C16H29N3O3/c1-18-6-2-13(3-7-18)4-8-19-9-5-17-10-15(19)16(20)22-14-11-21-12-14/h13-15,17H,2-12H2,1H3. The van der Waals surface area contributed by atoms with E-state index in [-0.39, 0.29) is 18.1 Å². The summed E-state index contributed by atoms with van der Waals surface area (Å²) in [7, 11) is 2.20. The quantitative estimate of drug-likeness (QED) is 0.718. The molecule has 3 fully saturated rings. The number of carbonyl (C=O) groups excluding carboxylic acids is 1. The zero-order valence-corrected chi connectivity index (χ0v) is 13.6. The molecular formula is C16H29N3O3. The average Bonchev–Trinajstić information content (AvgIpc) is 2.50. The van der Waals surface area contributed by atoms with Crippen LogP contribution in [-0.4, -0.2) is 87.4 Å². The van der Waals surface area contributed by atoms with Gasteiger partial charge >= 0.3 is 5.97 Å². The molecule has 1 unspecified atom stereocenters. The zero-order valence-electron chi connectivity index (χ0n) is 13.6. The second kappa shape index (κ2) is 7.73. The summed E-state index contributed by atoms with van der Waals surface area (Å²) in [5.41, 5.74) is 0. The SMILES string of the molecule is CN1CCC(CCN2CCNCC2C(=O)OC2COC2)CC1. The Morgan fingerprint density at radius 1 is 1.27 bits per heavy atom. The van der Waals surface area contributed by atoms with Gasteiger partial charge in [-0.25, -0.2) is 0 Å². The van der Waals surface area contributed by atoms with Crippen molar-refractivity contribution in [1.82, 2.24) is 15.1 Å². The highest BCUT2D eigenvalue weighted by atomic mass is 16.6. The minimum atomic E-state index is -0.124. The van der Waals surface area contributed by atoms with Gasteiger partial charge in [0, 0.05) is 19.6 Å². The topological polar surface area (TPSA) is 54.0 Å². The maximum absolute atomic E-state index is 12.3. The van der Waals surface area contributed by atoms with Gasteiger partial charge in [0.15, 0.2) is 0 Å². The van der Waals surface area contributed by atoms with Crippen LogP contribution < -0.4 is 5.32 Å². The Labute approximate surface area is 133 Å². The molecule has 6 nitrogen and oxygen atoms in total. The minimum Gasteiger partial charge on any atom is -0.456 e. The molecular weight excluding hydrogens is 282 g/mol. The molecule has 0 aromatic heterocycles. The molecule has 3 aliphatic heterocycles. The minimum absolute atomic E-state index is 0.0230. The molecule has 3 saturated heterocycles. The summed E-state index contributed by atoms with van der Waals surface area (Å²) in [6.07, 6.45) is 3.75.